The van der Waals surface area contributed by atoms with E-state index in [0.29, 0.717) is 41.8 Å². The fourth-order valence-electron chi connectivity index (χ4n) is 7.16. The van der Waals surface area contributed by atoms with Crippen LogP contribution in [0.5, 0.6) is 11.5 Å². The van der Waals surface area contributed by atoms with Crippen molar-refractivity contribution < 1.29 is 14.6 Å². The number of fused-ring (bicyclic) bond motifs is 5. The van der Waals surface area contributed by atoms with Crippen LogP contribution >= 0.6 is 0 Å². The van der Waals surface area contributed by atoms with Crippen molar-refractivity contribution in [3.63, 3.8) is 0 Å². The first-order chi connectivity index (χ1) is 15.0. The standard InChI is InChI=1S/C28H34O3/c1-3-31-22-10-5-18(6-11-22)4-7-20-17-26(30)28(2)15-14-24-23-13-9-21(29)16-19(23)8-12-25(24)27(20)28/h5-6,9-11,13,16,20,24-25,27,29H,3-4,7-8,12,14-15,17H2,1-2H3/t20?,24-,25-,27+,28-/m1/s1. The maximum absolute atomic E-state index is 13.2. The number of aryl methyl sites for hydroxylation is 2. The molecular formula is C28H34O3. The molecule has 2 aromatic carbocycles. The minimum Gasteiger partial charge on any atom is -0.508 e. The minimum atomic E-state index is -0.140. The summed E-state index contributed by atoms with van der Waals surface area (Å²) >= 11 is 0. The van der Waals surface area contributed by atoms with Gasteiger partial charge in [0.15, 0.2) is 0 Å². The van der Waals surface area contributed by atoms with Gasteiger partial charge in [-0.15, -0.1) is 0 Å². The molecule has 1 unspecified atom stereocenters. The molecule has 3 aliphatic rings. The first-order valence-corrected chi connectivity index (χ1v) is 12.1. The monoisotopic (exact) mass is 418 g/mol. The number of carbonyl (C=O) groups excluding carboxylic acids is 1. The van der Waals surface area contributed by atoms with Crippen molar-refractivity contribution in [1.29, 1.82) is 0 Å². The average Bonchev–Trinajstić information content (AvgIpc) is 3.03. The van der Waals surface area contributed by atoms with E-state index in [1.165, 1.54) is 16.7 Å². The Kier molecular flexibility index (Phi) is 5.32. The fourth-order valence-corrected chi connectivity index (χ4v) is 7.16. The van der Waals surface area contributed by atoms with Crippen LogP contribution in [-0.4, -0.2) is 17.5 Å². The summed E-state index contributed by atoms with van der Waals surface area (Å²) in [5, 5.41) is 9.93. The smallest absolute Gasteiger partial charge is 0.139 e. The van der Waals surface area contributed by atoms with E-state index < -0.39 is 0 Å². The lowest BCUT2D eigenvalue weighted by Gasteiger charge is -2.50. The van der Waals surface area contributed by atoms with Gasteiger partial charge in [0.1, 0.15) is 17.3 Å². The Morgan fingerprint density at radius 2 is 1.94 bits per heavy atom. The number of phenols is 1. The highest BCUT2D eigenvalue weighted by atomic mass is 16.5. The Bertz CT molecular complexity index is 963. The quantitative estimate of drug-likeness (QED) is 0.640. The number of hydrogen-bond acceptors (Lipinski definition) is 3. The van der Waals surface area contributed by atoms with Crippen molar-refractivity contribution in [1.82, 2.24) is 0 Å². The second-order valence-corrected chi connectivity index (χ2v) is 10.2. The van der Waals surface area contributed by atoms with Crippen LogP contribution in [0.1, 0.15) is 68.6 Å². The molecule has 164 valence electrons. The van der Waals surface area contributed by atoms with Crippen molar-refractivity contribution in [2.45, 2.75) is 64.7 Å². The number of hydrogen-bond donors (Lipinski definition) is 1. The molecule has 2 aromatic rings. The molecule has 0 aromatic heterocycles. The van der Waals surface area contributed by atoms with E-state index in [1.54, 1.807) is 0 Å². The predicted octanol–water partition coefficient (Wildman–Crippen LogP) is 6.08. The van der Waals surface area contributed by atoms with Gasteiger partial charge < -0.3 is 9.84 Å². The molecule has 3 aliphatic carbocycles. The third-order valence-electron chi connectivity index (χ3n) is 8.59. The second kappa shape index (κ2) is 8.00. The number of benzene rings is 2. The molecule has 2 fully saturated rings. The Morgan fingerprint density at radius 3 is 2.71 bits per heavy atom. The van der Waals surface area contributed by atoms with Crippen molar-refractivity contribution in [3.05, 3.63) is 59.2 Å². The summed E-state index contributed by atoms with van der Waals surface area (Å²) in [6, 6.07) is 14.4. The number of carbonyl (C=O) groups is 1. The summed E-state index contributed by atoms with van der Waals surface area (Å²) < 4.78 is 5.57. The molecule has 3 heteroatoms. The van der Waals surface area contributed by atoms with Crippen LogP contribution in [0.15, 0.2) is 42.5 Å². The van der Waals surface area contributed by atoms with E-state index >= 15 is 0 Å². The van der Waals surface area contributed by atoms with Gasteiger partial charge in [0.05, 0.1) is 6.61 Å². The van der Waals surface area contributed by atoms with E-state index in [0.717, 1.165) is 50.7 Å². The molecular weight excluding hydrogens is 384 g/mol. The molecule has 3 nitrogen and oxygen atoms in total. The molecule has 1 N–H and O–H groups in total. The van der Waals surface area contributed by atoms with E-state index in [1.807, 2.05) is 19.1 Å². The number of ketones is 1. The zero-order valence-corrected chi connectivity index (χ0v) is 18.8. The summed E-state index contributed by atoms with van der Waals surface area (Å²) in [6.45, 7) is 4.96. The fraction of sp³-hybridized carbons (Fsp3) is 0.536. The van der Waals surface area contributed by atoms with Gasteiger partial charge in [-0.1, -0.05) is 25.1 Å². The summed E-state index contributed by atoms with van der Waals surface area (Å²) in [6.07, 6.45) is 7.16. The van der Waals surface area contributed by atoms with Gasteiger partial charge >= 0.3 is 0 Å². The van der Waals surface area contributed by atoms with Crippen molar-refractivity contribution >= 4 is 5.78 Å². The normalized spacial score (nSPS) is 31.6. The van der Waals surface area contributed by atoms with Gasteiger partial charge in [0.25, 0.3) is 0 Å². The highest BCUT2D eigenvalue weighted by Gasteiger charge is 2.58. The summed E-state index contributed by atoms with van der Waals surface area (Å²) in [7, 11) is 0. The third-order valence-corrected chi connectivity index (χ3v) is 8.59. The molecule has 0 bridgehead atoms. The number of phenolic OH excluding ortho intramolecular Hbond substituents is 1. The number of aromatic hydroxyl groups is 1. The van der Waals surface area contributed by atoms with E-state index in [4.69, 9.17) is 4.74 Å². The van der Waals surface area contributed by atoms with E-state index in [2.05, 4.69) is 37.3 Å². The summed E-state index contributed by atoms with van der Waals surface area (Å²) in [4.78, 5) is 13.2. The summed E-state index contributed by atoms with van der Waals surface area (Å²) in [5.41, 5.74) is 3.95. The highest BCUT2D eigenvalue weighted by Crippen LogP contribution is 2.62. The molecule has 5 rings (SSSR count). The van der Waals surface area contributed by atoms with E-state index in [-0.39, 0.29) is 5.41 Å². The predicted molar refractivity (Wildman–Crippen MR) is 123 cm³/mol. The molecule has 0 spiro atoms. The molecule has 0 saturated heterocycles. The zero-order chi connectivity index (χ0) is 21.6. The van der Waals surface area contributed by atoms with Gasteiger partial charge in [-0.05, 0) is 110 Å². The van der Waals surface area contributed by atoms with Crippen LogP contribution in [0.3, 0.4) is 0 Å². The van der Waals surface area contributed by atoms with Gasteiger partial charge in [-0.3, -0.25) is 4.79 Å². The largest absolute Gasteiger partial charge is 0.508 e. The van der Waals surface area contributed by atoms with Crippen LogP contribution in [0.25, 0.3) is 0 Å². The van der Waals surface area contributed by atoms with Gasteiger partial charge in [-0.25, -0.2) is 0 Å². The lowest BCUT2D eigenvalue weighted by Crippen LogP contribution is -2.44. The van der Waals surface area contributed by atoms with Crippen LogP contribution in [-0.2, 0) is 17.6 Å². The molecule has 31 heavy (non-hydrogen) atoms. The van der Waals surface area contributed by atoms with Crippen molar-refractivity contribution in [2.24, 2.45) is 23.2 Å². The first-order valence-electron chi connectivity index (χ1n) is 12.1. The zero-order valence-electron chi connectivity index (χ0n) is 18.8. The number of Topliss-reactive ketones (excluding diaryl/α,β-unsaturated/α-hetero) is 1. The Hall–Kier alpha value is -2.29. The van der Waals surface area contributed by atoms with Crippen molar-refractivity contribution in [3.8, 4) is 11.5 Å². The van der Waals surface area contributed by atoms with E-state index in [9.17, 15) is 9.90 Å². The maximum atomic E-state index is 13.2. The second-order valence-electron chi connectivity index (χ2n) is 10.2. The van der Waals surface area contributed by atoms with Crippen LogP contribution < -0.4 is 4.74 Å². The maximum Gasteiger partial charge on any atom is 0.139 e. The molecule has 0 aliphatic heterocycles. The lowest BCUT2D eigenvalue weighted by atomic mass is 9.54. The van der Waals surface area contributed by atoms with Crippen LogP contribution in [0, 0.1) is 23.2 Å². The van der Waals surface area contributed by atoms with Gasteiger partial charge in [0, 0.05) is 11.8 Å². The molecule has 5 atom stereocenters. The topological polar surface area (TPSA) is 46.5 Å². The number of rotatable bonds is 5. The third kappa shape index (κ3) is 3.56. The highest BCUT2D eigenvalue weighted by molar-refractivity contribution is 5.87. The summed E-state index contributed by atoms with van der Waals surface area (Å²) in [5.74, 6) is 3.91. The lowest BCUT2D eigenvalue weighted by molar-refractivity contribution is -0.129. The average molecular weight is 419 g/mol. The van der Waals surface area contributed by atoms with Crippen LogP contribution in [0.4, 0.5) is 0 Å². The molecule has 0 heterocycles. The molecule has 0 radical (unpaired) electrons. The van der Waals surface area contributed by atoms with Crippen LogP contribution in [0.2, 0.25) is 0 Å². The Morgan fingerprint density at radius 1 is 1.13 bits per heavy atom. The first kappa shape index (κ1) is 20.6. The minimum absolute atomic E-state index is 0.140. The van der Waals surface area contributed by atoms with Gasteiger partial charge in [-0.2, -0.15) is 0 Å². The van der Waals surface area contributed by atoms with Crippen molar-refractivity contribution in [2.75, 3.05) is 6.61 Å². The Labute approximate surface area is 185 Å². The SMILES string of the molecule is CCOc1ccc(CCC2CC(=O)[C@@]3(C)CC[C@@H]4c5ccc(O)cc5CC[C@H]4[C@H]23)cc1. The molecule has 2 saturated carbocycles. The Balaban J connectivity index is 1.36. The van der Waals surface area contributed by atoms with Gasteiger partial charge in [0.2, 0.25) is 0 Å². The molecule has 0 amide bonds. The number of ether oxygens (including phenoxy) is 1.